The van der Waals surface area contributed by atoms with E-state index in [1.165, 1.54) is 0 Å². The van der Waals surface area contributed by atoms with Crippen LogP contribution in [0.25, 0.3) is 32.8 Å². The number of likely N-dealkylation sites (N-methyl/N-ethyl adjacent to an activating group) is 1. The maximum Gasteiger partial charge on any atom is 0.253 e. The minimum Gasteiger partial charge on any atom is -0.496 e. The van der Waals surface area contributed by atoms with E-state index in [-0.39, 0.29) is 5.91 Å². The minimum atomic E-state index is -0.136. The van der Waals surface area contributed by atoms with Crippen molar-refractivity contribution in [3.8, 4) is 5.75 Å². The number of aryl methyl sites for hydroxylation is 1. The van der Waals surface area contributed by atoms with E-state index in [0.29, 0.717) is 17.6 Å². The topological polar surface area (TPSA) is 67.3 Å². The molecule has 4 aromatic rings. The van der Waals surface area contributed by atoms with Gasteiger partial charge in [-0.15, -0.1) is 0 Å². The van der Waals surface area contributed by atoms with Crippen molar-refractivity contribution in [2.75, 3.05) is 34.3 Å². The molecule has 148 valence electrons. The molecule has 4 rings (SSSR count). The lowest BCUT2D eigenvalue weighted by atomic mass is 10.0. The van der Waals surface area contributed by atoms with E-state index in [4.69, 9.17) is 14.7 Å². The maximum absolute atomic E-state index is 12.8. The summed E-state index contributed by atoms with van der Waals surface area (Å²) in [7, 11) is 5.61. The fourth-order valence-corrected chi connectivity index (χ4v) is 3.53. The molecule has 6 heteroatoms. The Morgan fingerprint density at radius 3 is 2.59 bits per heavy atom. The molecule has 0 saturated heterocycles. The predicted molar refractivity (Wildman–Crippen MR) is 117 cm³/mol. The number of rotatable bonds is 5. The van der Waals surface area contributed by atoms with Gasteiger partial charge >= 0.3 is 0 Å². The number of hydrogen-bond donors (Lipinski definition) is 1. The summed E-state index contributed by atoms with van der Waals surface area (Å²) in [6.07, 6.45) is 0. The highest BCUT2D eigenvalue weighted by Gasteiger charge is 2.16. The first-order valence-corrected chi connectivity index (χ1v) is 9.59. The molecule has 0 radical (unpaired) electrons. The van der Waals surface area contributed by atoms with Crippen LogP contribution >= 0.6 is 0 Å². The van der Waals surface area contributed by atoms with Crippen LogP contribution in [0.5, 0.6) is 5.75 Å². The van der Waals surface area contributed by atoms with Gasteiger partial charge < -0.3 is 15.0 Å². The Hall–Kier alpha value is -3.25. The summed E-state index contributed by atoms with van der Waals surface area (Å²) < 4.78 is 5.49. The van der Waals surface area contributed by atoms with Crippen LogP contribution in [-0.2, 0) is 0 Å². The second-order valence-electron chi connectivity index (χ2n) is 7.40. The molecule has 6 nitrogen and oxygen atoms in total. The highest BCUT2D eigenvalue weighted by atomic mass is 16.5. The molecule has 0 saturated carbocycles. The van der Waals surface area contributed by atoms with Crippen LogP contribution < -0.4 is 10.1 Å². The number of nitrogens with zero attached hydrogens (tertiary/aromatic N) is 3. The minimum absolute atomic E-state index is 0.136. The highest BCUT2D eigenvalue weighted by molar-refractivity contribution is 6.11. The number of methoxy groups -OCH3 is 1. The summed E-state index contributed by atoms with van der Waals surface area (Å²) >= 11 is 0. The van der Waals surface area contributed by atoms with Gasteiger partial charge in [0.05, 0.1) is 29.2 Å². The van der Waals surface area contributed by atoms with Crippen molar-refractivity contribution in [3.05, 3.63) is 53.6 Å². The van der Waals surface area contributed by atoms with Crippen LogP contribution in [0.1, 0.15) is 15.9 Å². The van der Waals surface area contributed by atoms with Crippen LogP contribution in [-0.4, -0.2) is 55.1 Å². The second kappa shape index (κ2) is 7.64. The van der Waals surface area contributed by atoms with Crippen molar-refractivity contribution in [2.45, 2.75) is 6.92 Å². The summed E-state index contributed by atoms with van der Waals surface area (Å²) in [5.74, 6) is 0.653. The zero-order valence-corrected chi connectivity index (χ0v) is 17.1. The number of carbonyl (C=O) groups excluding carboxylic acids is 1. The standard InChI is InChI=1S/C23H24N4O2/c1-14-8-9-17(23(28)24-12-13-27(2)3)22-20(14)25-18-11-10-15-16(21(18)26-22)6-5-7-19(15)29-4/h5-11H,12-13H2,1-4H3,(H,24,28). The van der Waals surface area contributed by atoms with E-state index in [1.54, 1.807) is 7.11 Å². The van der Waals surface area contributed by atoms with E-state index in [9.17, 15) is 4.79 Å². The smallest absolute Gasteiger partial charge is 0.253 e. The quantitative estimate of drug-likeness (QED) is 0.418. The van der Waals surface area contributed by atoms with Gasteiger partial charge in [-0.25, -0.2) is 9.97 Å². The molecule has 0 fully saturated rings. The van der Waals surface area contributed by atoms with E-state index in [2.05, 4.69) is 5.32 Å². The van der Waals surface area contributed by atoms with Crippen molar-refractivity contribution >= 4 is 38.7 Å². The molecule has 0 spiro atoms. The van der Waals surface area contributed by atoms with E-state index < -0.39 is 0 Å². The number of benzene rings is 3. The number of carbonyl (C=O) groups is 1. The number of ether oxygens (including phenoxy) is 1. The average molecular weight is 388 g/mol. The molecular formula is C23H24N4O2. The lowest BCUT2D eigenvalue weighted by Gasteiger charge is -2.13. The lowest BCUT2D eigenvalue weighted by Crippen LogP contribution is -2.31. The van der Waals surface area contributed by atoms with E-state index in [1.807, 2.05) is 68.4 Å². The SMILES string of the molecule is COc1cccc2c1ccc1nc3c(C)ccc(C(=O)NCCN(C)C)c3nc12. The Balaban J connectivity index is 1.92. The summed E-state index contributed by atoms with van der Waals surface area (Å²) in [5, 5.41) is 4.91. The van der Waals surface area contributed by atoms with Crippen molar-refractivity contribution in [2.24, 2.45) is 0 Å². The van der Waals surface area contributed by atoms with Crippen molar-refractivity contribution < 1.29 is 9.53 Å². The fraction of sp³-hybridized carbons (Fsp3) is 0.261. The Labute approximate surface area is 169 Å². The van der Waals surface area contributed by atoms with Crippen LogP contribution in [0.4, 0.5) is 0 Å². The van der Waals surface area contributed by atoms with Crippen LogP contribution in [0, 0.1) is 6.92 Å². The zero-order valence-electron chi connectivity index (χ0n) is 17.1. The normalized spacial score (nSPS) is 11.5. The third-order valence-corrected chi connectivity index (χ3v) is 5.09. The molecule has 1 amide bonds. The van der Waals surface area contributed by atoms with Gasteiger partial charge in [0, 0.05) is 23.9 Å². The molecule has 0 bridgehead atoms. The monoisotopic (exact) mass is 388 g/mol. The number of amides is 1. The molecule has 0 aliphatic carbocycles. The summed E-state index contributed by atoms with van der Waals surface area (Å²) in [5.41, 5.74) is 4.46. The maximum atomic E-state index is 12.8. The summed E-state index contributed by atoms with van der Waals surface area (Å²) in [6.45, 7) is 3.33. The Bertz CT molecular complexity index is 1230. The number of hydrogen-bond acceptors (Lipinski definition) is 5. The number of fused-ring (bicyclic) bond motifs is 4. The molecule has 0 aliphatic heterocycles. The highest BCUT2D eigenvalue weighted by Crippen LogP contribution is 2.32. The van der Waals surface area contributed by atoms with Gasteiger partial charge in [-0.3, -0.25) is 4.79 Å². The first kappa shape index (κ1) is 19.1. The molecular weight excluding hydrogens is 364 g/mol. The lowest BCUT2D eigenvalue weighted by molar-refractivity contribution is 0.0952. The van der Waals surface area contributed by atoms with Crippen molar-refractivity contribution in [1.82, 2.24) is 20.2 Å². The van der Waals surface area contributed by atoms with Gasteiger partial charge in [0.1, 0.15) is 11.3 Å². The van der Waals surface area contributed by atoms with Crippen LogP contribution in [0.15, 0.2) is 42.5 Å². The molecule has 1 heterocycles. The molecule has 1 N–H and O–H groups in total. The van der Waals surface area contributed by atoms with E-state index >= 15 is 0 Å². The van der Waals surface area contributed by atoms with E-state index in [0.717, 1.165) is 45.2 Å². The van der Waals surface area contributed by atoms with Gasteiger partial charge in [-0.1, -0.05) is 18.2 Å². The van der Waals surface area contributed by atoms with Gasteiger partial charge in [-0.05, 0) is 50.8 Å². The van der Waals surface area contributed by atoms with Crippen LogP contribution in [0.3, 0.4) is 0 Å². The average Bonchev–Trinajstić information content (AvgIpc) is 2.72. The molecule has 1 aromatic heterocycles. The van der Waals surface area contributed by atoms with Crippen molar-refractivity contribution in [3.63, 3.8) is 0 Å². The first-order valence-electron chi connectivity index (χ1n) is 9.59. The van der Waals surface area contributed by atoms with Gasteiger partial charge in [0.25, 0.3) is 5.91 Å². The third kappa shape index (κ3) is 3.47. The first-order chi connectivity index (χ1) is 14.0. The van der Waals surface area contributed by atoms with Gasteiger partial charge in [-0.2, -0.15) is 0 Å². The predicted octanol–water partition coefficient (Wildman–Crippen LogP) is 3.54. The summed E-state index contributed by atoms with van der Waals surface area (Å²) in [4.78, 5) is 24.6. The second-order valence-corrected chi connectivity index (χ2v) is 7.40. The molecule has 0 aliphatic rings. The Morgan fingerprint density at radius 1 is 1.00 bits per heavy atom. The number of aromatic nitrogens is 2. The van der Waals surface area contributed by atoms with Crippen LogP contribution in [0.2, 0.25) is 0 Å². The van der Waals surface area contributed by atoms with Crippen molar-refractivity contribution in [1.29, 1.82) is 0 Å². The fourth-order valence-electron chi connectivity index (χ4n) is 3.53. The molecule has 3 aromatic carbocycles. The van der Waals surface area contributed by atoms with Gasteiger partial charge in [0.2, 0.25) is 0 Å². The summed E-state index contributed by atoms with van der Waals surface area (Å²) in [6, 6.07) is 13.6. The Morgan fingerprint density at radius 2 is 1.83 bits per heavy atom. The zero-order chi connectivity index (χ0) is 20.5. The largest absolute Gasteiger partial charge is 0.496 e. The molecule has 0 unspecified atom stereocenters. The molecule has 29 heavy (non-hydrogen) atoms. The third-order valence-electron chi connectivity index (χ3n) is 5.09. The number of nitrogens with one attached hydrogen (secondary N) is 1. The Kier molecular flexibility index (Phi) is 5.03. The molecule has 0 atom stereocenters. The van der Waals surface area contributed by atoms with Gasteiger partial charge in [0.15, 0.2) is 0 Å².